The van der Waals surface area contributed by atoms with Gasteiger partial charge < -0.3 is 25.0 Å². The molecule has 1 aliphatic rings. The van der Waals surface area contributed by atoms with E-state index in [1.807, 2.05) is 78.9 Å². The number of nitrogens with one attached hydrogen (secondary N) is 1. The first-order valence-electron chi connectivity index (χ1n) is 14.0. The molecular formula is C31H33N5O6S. The maximum absolute atomic E-state index is 11.9. The number of carboxylic acid groups (broad SMARTS) is 1. The van der Waals surface area contributed by atoms with Gasteiger partial charge in [-0.05, 0) is 39.2 Å². The number of aliphatic hydroxyl groups excluding tert-OH is 1. The second-order valence-corrected chi connectivity index (χ2v) is 11.2. The van der Waals surface area contributed by atoms with Gasteiger partial charge in [-0.25, -0.2) is 0 Å². The Hall–Kier alpha value is -4.10. The molecule has 12 heteroatoms. The Bertz CT molecular complexity index is 1500. The Morgan fingerprint density at radius 1 is 0.930 bits per heavy atom. The predicted molar refractivity (Wildman–Crippen MR) is 158 cm³/mol. The zero-order valence-corrected chi connectivity index (χ0v) is 24.4. The van der Waals surface area contributed by atoms with Crippen molar-refractivity contribution in [1.82, 2.24) is 25.5 Å². The van der Waals surface area contributed by atoms with Crippen molar-refractivity contribution >= 4 is 23.6 Å². The van der Waals surface area contributed by atoms with Gasteiger partial charge in [0.1, 0.15) is 0 Å². The molecule has 0 unspecified atom stereocenters. The fourth-order valence-corrected chi connectivity index (χ4v) is 5.82. The van der Waals surface area contributed by atoms with Gasteiger partial charge in [0, 0.05) is 30.2 Å². The summed E-state index contributed by atoms with van der Waals surface area (Å²) in [5, 5.41) is 33.9. The third-order valence-corrected chi connectivity index (χ3v) is 8.26. The molecule has 43 heavy (non-hydrogen) atoms. The molecule has 4 atom stereocenters. The summed E-state index contributed by atoms with van der Waals surface area (Å²) in [6.07, 6.45) is -1.39. The highest BCUT2D eigenvalue weighted by Gasteiger charge is 2.38. The number of aromatic nitrogens is 4. The van der Waals surface area contributed by atoms with E-state index < -0.39 is 12.3 Å². The van der Waals surface area contributed by atoms with E-state index in [1.54, 1.807) is 4.68 Å². The number of benzene rings is 3. The molecule has 2 heterocycles. The minimum atomic E-state index is -1.00. The molecule has 0 aliphatic carbocycles. The second kappa shape index (κ2) is 14.4. The molecule has 1 amide bonds. The van der Waals surface area contributed by atoms with Gasteiger partial charge in [-0.3, -0.25) is 9.59 Å². The molecule has 1 aromatic heterocycles. The minimum Gasteiger partial charge on any atom is -0.481 e. The van der Waals surface area contributed by atoms with E-state index >= 15 is 0 Å². The zero-order valence-electron chi connectivity index (χ0n) is 23.6. The number of thioether (sulfide) groups is 1. The van der Waals surface area contributed by atoms with Gasteiger partial charge in [0.15, 0.2) is 6.29 Å². The number of carbonyl (C=O) groups is 2. The zero-order chi connectivity index (χ0) is 30.2. The monoisotopic (exact) mass is 603 g/mol. The van der Waals surface area contributed by atoms with Gasteiger partial charge in [-0.15, -0.1) is 5.10 Å². The van der Waals surface area contributed by atoms with Crippen molar-refractivity contribution in [1.29, 1.82) is 0 Å². The lowest BCUT2D eigenvalue weighted by molar-refractivity contribution is -0.268. The molecule has 4 aromatic rings. The van der Waals surface area contributed by atoms with Crippen LogP contribution in [-0.2, 0) is 32.2 Å². The van der Waals surface area contributed by atoms with Crippen LogP contribution in [0.25, 0.3) is 5.69 Å². The highest BCUT2D eigenvalue weighted by Crippen LogP contribution is 2.43. The molecule has 3 N–H and O–H groups in total. The first-order valence-corrected chi connectivity index (χ1v) is 14.9. The summed E-state index contributed by atoms with van der Waals surface area (Å²) in [7, 11) is 0. The predicted octanol–water partition coefficient (Wildman–Crippen LogP) is 4.22. The summed E-state index contributed by atoms with van der Waals surface area (Å²) in [6.45, 7) is 2.36. The number of aliphatic carboxylic acids is 1. The van der Waals surface area contributed by atoms with Crippen molar-refractivity contribution < 1.29 is 29.3 Å². The highest BCUT2D eigenvalue weighted by atomic mass is 32.2. The van der Waals surface area contributed by atoms with Crippen LogP contribution in [0, 0.1) is 5.92 Å². The van der Waals surface area contributed by atoms with Gasteiger partial charge in [0.25, 0.3) is 0 Å². The molecular weight excluding hydrogens is 570 g/mol. The molecule has 0 bridgehead atoms. The van der Waals surface area contributed by atoms with E-state index in [9.17, 15) is 14.7 Å². The third kappa shape index (κ3) is 7.85. The van der Waals surface area contributed by atoms with Crippen LogP contribution in [0.2, 0.25) is 0 Å². The van der Waals surface area contributed by atoms with Crippen LogP contribution in [0.3, 0.4) is 0 Å². The lowest BCUT2D eigenvalue weighted by atomic mass is 9.91. The molecule has 3 aromatic carbocycles. The molecule has 1 saturated heterocycles. The number of amides is 1. The maximum atomic E-state index is 11.9. The number of hydrogen-bond donors (Lipinski definition) is 3. The van der Waals surface area contributed by atoms with Gasteiger partial charge >= 0.3 is 5.97 Å². The Labute approximate surface area is 253 Å². The van der Waals surface area contributed by atoms with Crippen molar-refractivity contribution in [3.05, 3.63) is 101 Å². The van der Waals surface area contributed by atoms with Gasteiger partial charge in [-0.1, -0.05) is 85.4 Å². The molecule has 1 fully saturated rings. The Kier molecular flexibility index (Phi) is 10.2. The molecule has 11 nitrogen and oxygen atoms in total. The first kappa shape index (κ1) is 30.4. The number of carboxylic acids is 1. The summed E-state index contributed by atoms with van der Waals surface area (Å²) < 4.78 is 14.8. The van der Waals surface area contributed by atoms with Crippen LogP contribution in [0.4, 0.5) is 0 Å². The number of aliphatic hydroxyl groups is 1. The van der Waals surface area contributed by atoms with Crippen molar-refractivity contribution in [2.75, 3.05) is 5.75 Å². The number of para-hydroxylation sites is 1. The molecule has 0 saturated carbocycles. The van der Waals surface area contributed by atoms with Crippen molar-refractivity contribution in [2.45, 2.75) is 56.6 Å². The van der Waals surface area contributed by atoms with Crippen LogP contribution in [-0.4, -0.2) is 54.2 Å². The normalized spacial score (nSPS) is 20.0. The highest BCUT2D eigenvalue weighted by molar-refractivity contribution is 7.99. The third-order valence-electron chi connectivity index (χ3n) is 7.25. The fraction of sp³-hybridized carbons (Fsp3) is 0.323. The minimum absolute atomic E-state index is 0.00919. The summed E-state index contributed by atoms with van der Waals surface area (Å²) in [5.41, 5.74) is 4.38. The number of rotatable bonds is 12. The van der Waals surface area contributed by atoms with E-state index in [2.05, 4.69) is 27.8 Å². The number of ether oxygens (including phenoxy) is 2. The summed E-state index contributed by atoms with van der Waals surface area (Å²) >= 11 is 1.51. The molecule has 224 valence electrons. The lowest BCUT2D eigenvalue weighted by Gasteiger charge is -2.41. The second-order valence-electron chi connectivity index (χ2n) is 10.3. The lowest BCUT2D eigenvalue weighted by Crippen LogP contribution is -2.38. The van der Waals surface area contributed by atoms with E-state index in [1.165, 1.54) is 11.8 Å². The van der Waals surface area contributed by atoms with E-state index in [0.717, 1.165) is 27.9 Å². The average molecular weight is 604 g/mol. The fourth-order valence-electron chi connectivity index (χ4n) is 4.77. The van der Waals surface area contributed by atoms with Crippen LogP contribution in [0.15, 0.2) is 84.0 Å². The number of carbonyl (C=O) groups excluding carboxylic acids is 1. The quantitative estimate of drug-likeness (QED) is 0.201. The molecule has 0 spiro atoms. The van der Waals surface area contributed by atoms with Crippen molar-refractivity contribution in [3.8, 4) is 5.69 Å². The Morgan fingerprint density at radius 2 is 1.63 bits per heavy atom. The number of nitrogens with zero attached hydrogens (tertiary/aromatic N) is 4. The Balaban J connectivity index is 1.31. The standard InChI is InChI=1S/C31H33N5O6S/c1-20-26(19-43-31-33-34-35-36(31)25-5-3-2-4-6-25)41-30(42-29(20)23-11-9-22(18-37)10-12-23)24-13-7-21(8-14-24)17-32-27(38)15-16-28(39)40/h2-14,20,26,29-30,37H,15-19H2,1H3,(H,32,38)(H,39,40)/t20-,26+,29+,30+/m1/s1. The topological polar surface area (TPSA) is 149 Å². The summed E-state index contributed by atoms with van der Waals surface area (Å²) in [5.74, 6) is -0.742. The summed E-state index contributed by atoms with van der Waals surface area (Å²) in [6, 6.07) is 25.0. The van der Waals surface area contributed by atoms with E-state index in [4.69, 9.17) is 14.6 Å². The van der Waals surface area contributed by atoms with Crippen LogP contribution in [0.1, 0.15) is 54.4 Å². The van der Waals surface area contributed by atoms with E-state index in [-0.39, 0.29) is 50.0 Å². The van der Waals surface area contributed by atoms with Gasteiger partial charge in [0.05, 0.1) is 30.9 Å². The number of tetrazole rings is 1. The first-order chi connectivity index (χ1) is 20.9. The molecule has 5 rings (SSSR count). The molecule has 1 aliphatic heterocycles. The van der Waals surface area contributed by atoms with Crippen LogP contribution >= 0.6 is 11.8 Å². The Morgan fingerprint density at radius 3 is 2.33 bits per heavy atom. The smallest absolute Gasteiger partial charge is 0.303 e. The average Bonchev–Trinajstić information content (AvgIpc) is 3.52. The van der Waals surface area contributed by atoms with Gasteiger partial charge in [0.2, 0.25) is 11.1 Å². The van der Waals surface area contributed by atoms with Crippen LogP contribution in [0.5, 0.6) is 0 Å². The van der Waals surface area contributed by atoms with Crippen molar-refractivity contribution in [2.24, 2.45) is 5.92 Å². The maximum Gasteiger partial charge on any atom is 0.303 e. The van der Waals surface area contributed by atoms with Crippen molar-refractivity contribution in [3.63, 3.8) is 0 Å². The number of hydrogen-bond acceptors (Lipinski definition) is 9. The van der Waals surface area contributed by atoms with Crippen LogP contribution < -0.4 is 5.32 Å². The van der Waals surface area contributed by atoms with Gasteiger partial charge in [-0.2, -0.15) is 4.68 Å². The SMILES string of the molecule is C[C@@H]1[C@H](CSc2nnnn2-c2ccccc2)O[C@H](c2ccc(CNC(=O)CCC(=O)O)cc2)O[C@@H]1c1ccc(CO)cc1. The largest absolute Gasteiger partial charge is 0.481 e. The molecule has 0 radical (unpaired) electrons. The van der Waals surface area contributed by atoms with E-state index in [0.29, 0.717) is 10.9 Å². The summed E-state index contributed by atoms with van der Waals surface area (Å²) in [4.78, 5) is 22.6.